The Bertz CT molecular complexity index is 332. The van der Waals surface area contributed by atoms with Crippen molar-refractivity contribution in [1.29, 1.82) is 0 Å². The zero-order valence-corrected chi connectivity index (χ0v) is 17.7. The number of nitrogens with one attached hydrogen (secondary N) is 1. The van der Waals surface area contributed by atoms with Crippen molar-refractivity contribution >= 4 is 0 Å². The van der Waals surface area contributed by atoms with E-state index in [2.05, 4.69) is 5.32 Å². The molecule has 1 saturated heterocycles. The van der Waals surface area contributed by atoms with Gasteiger partial charge in [-0.2, -0.15) is 0 Å². The van der Waals surface area contributed by atoms with E-state index >= 15 is 0 Å². The zero-order valence-electron chi connectivity index (χ0n) is 17.7. The molecule has 0 amide bonds. The summed E-state index contributed by atoms with van der Waals surface area (Å²) in [6, 6.07) is 0.843. The highest BCUT2D eigenvalue weighted by Gasteiger charge is 2.34. The van der Waals surface area contributed by atoms with Gasteiger partial charge < -0.3 is 5.32 Å². The van der Waals surface area contributed by atoms with Crippen LogP contribution in [-0.2, 0) is 0 Å². The van der Waals surface area contributed by atoms with Gasteiger partial charge in [0.2, 0.25) is 0 Å². The third kappa shape index (κ3) is 6.84. The minimum absolute atomic E-state index is 0.843. The number of hydrogen-bond acceptors (Lipinski definition) is 1. The maximum atomic E-state index is 4.19. The fourth-order valence-corrected chi connectivity index (χ4v) is 6.44. The van der Waals surface area contributed by atoms with Gasteiger partial charge in [0, 0.05) is 6.04 Å². The third-order valence-corrected chi connectivity index (χ3v) is 7.97. The smallest absolute Gasteiger partial charge is 0.0126 e. The van der Waals surface area contributed by atoms with Crippen LogP contribution < -0.4 is 5.32 Å². The van der Waals surface area contributed by atoms with E-state index in [0.717, 1.165) is 23.8 Å². The molecule has 2 saturated carbocycles. The van der Waals surface area contributed by atoms with Crippen molar-refractivity contribution in [2.45, 2.75) is 134 Å². The number of hydrogen-bond donors (Lipinski definition) is 1. The minimum atomic E-state index is 0.843. The highest BCUT2D eigenvalue weighted by Crippen LogP contribution is 2.39. The van der Waals surface area contributed by atoms with Crippen molar-refractivity contribution in [3.8, 4) is 0 Å². The summed E-state index contributed by atoms with van der Waals surface area (Å²) in [5.41, 5.74) is 0. The average molecular weight is 362 g/mol. The van der Waals surface area contributed by atoms with Crippen molar-refractivity contribution < 1.29 is 0 Å². The van der Waals surface area contributed by atoms with Crippen LogP contribution in [0.2, 0.25) is 0 Å². The molecule has 1 aliphatic heterocycles. The van der Waals surface area contributed by atoms with Crippen molar-refractivity contribution in [3.05, 3.63) is 0 Å². The second kappa shape index (κ2) is 12.4. The normalized spacial score (nSPS) is 34.8. The largest absolute Gasteiger partial charge is 0.313 e. The van der Waals surface area contributed by atoms with Gasteiger partial charge in [-0.1, -0.05) is 103 Å². The first-order valence-electron chi connectivity index (χ1n) is 12.7. The minimum Gasteiger partial charge on any atom is -0.313 e. The van der Waals surface area contributed by atoms with Gasteiger partial charge in [-0.25, -0.2) is 0 Å². The molecule has 152 valence electrons. The molecule has 3 fully saturated rings. The lowest BCUT2D eigenvalue weighted by Crippen LogP contribution is -2.46. The van der Waals surface area contributed by atoms with E-state index in [1.54, 1.807) is 0 Å². The first kappa shape index (κ1) is 20.7. The molecule has 0 aromatic rings. The first-order valence-corrected chi connectivity index (χ1v) is 12.7. The lowest BCUT2D eigenvalue weighted by Gasteiger charge is -2.41. The monoisotopic (exact) mass is 361 g/mol. The van der Waals surface area contributed by atoms with Gasteiger partial charge in [-0.05, 0) is 50.0 Å². The van der Waals surface area contributed by atoms with Gasteiger partial charge in [-0.3, -0.25) is 0 Å². The topological polar surface area (TPSA) is 12.0 Å². The highest BCUT2D eigenvalue weighted by molar-refractivity contribution is 4.89. The molecule has 1 heterocycles. The summed E-state index contributed by atoms with van der Waals surface area (Å²) in [5, 5.41) is 4.19. The van der Waals surface area contributed by atoms with E-state index in [9.17, 15) is 0 Å². The molecule has 26 heavy (non-hydrogen) atoms. The summed E-state index contributed by atoms with van der Waals surface area (Å²) < 4.78 is 0. The Morgan fingerprint density at radius 3 is 1.38 bits per heavy atom. The molecular weight excluding hydrogens is 314 g/mol. The molecule has 3 atom stereocenters. The maximum absolute atomic E-state index is 4.19. The number of fused-ring (bicyclic) bond motifs is 1. The van der Waals surface area contributed by atoms with Crippen LogP contribution >= 0.6 is 0 Å². The van der Waals surface area contributed by atoms with Crippen LogP contribution in [0.5, 0.6) is 0 Å². The van der Waals surface area contributed by atoms with Gasteiger partial charge in [0.25, 0.3) is 0 Å². The van der Waals surface area contributed by atoms with Gasteiger partial charge in [0.05, 0.1) is 0 Å². The fraction of sp³-hybridized carbons (Fsp3) is 1.00. The fourth-order valence-electron chi connectivity index (χ4n) is 6.44. The van der Waals surface area contributed by atoms with Crippen LogP contribution in [0.1, 0.15) is 128 Å². The Morgan fingerprint density at radius 2 is 0.808 bits per heavy atom. The molecule has 3 unspecified atom stereocenters. The summed E-state index contributed by atoms with van der Waals surface area (Å²) in [7, 11) is 0. The van der Waals surface area contributed by atoms with E-state index < -0.39 is 0 Å². The summed E-state index contributed by atoms with van der Waals surface area (Å²) >= 11 is 0. The van der Waals surface area contributed by atoms with Gasteiger partial charge in [0.1, 0.15) is 0 Å². The van der Waals surface area contributed by atoms with E-state index in [0.29, 0.717) is 0 Å². The van der Waals surface area contributed by atoms with E-state index in [1.807, 2.05) is 0 Å². The molecule has 0 aromatic heterocycles. The first-order chi connectivity index (χ1) is 12.9. The standard InChI is InChI=1S/C25H47N/c1-4-10-16-22(17-11-5-1)24-20-14-8-2-6-12-18-23-19-13-7-3-9-15-21-26-25(23)24/h22-26H,1-21H2. The summed E-state index contributed by atoms with van der Waals surface area (Å²) in [6.07, 6.45) is 30.0. The van der Waals surface area contributed by atoms with Gasteiger partial charge >= 0.3 is 0 Å². The Labute approximate surface area is 164 Å². The predicted molar refractivity (Wildman–Crippen MR) is 115 cm³/mol. The average Bonchev–Trinajstić information content (AvgIpc) is 2.63. The highest BCUT2D eigenvalue weighted by atomic mass is 14.9. The van der Waals surface area contributed by atoms with Crippen molar-refractivity contribution in [3.63, 3.8) is 0 Å². The Hall–Kier alpha value is -0.0400. The van der Waals surface area contributed by atoms with Gasteiger partial charge in [-0.15, -0.1) is 0 Å². The molecule has 0 bridgehead atoms. The zero-order chi connectivity index (χ0) is 17.9. The Balaban J connectivity index is 1.74. The Morgan fingerprint density at radius 1 is 0.385 bits per heavy atom. The van der Waals surface area contributed by atoms with Gasteiger partial charge in [0.15, 0.2) is 0 Å². The quantitative estimate of drug-likeness (QED) is 0.506. The van der Waals surface area contributed by atoms with E-state index in [-0.39, 0.29) is 0 Å². The predicted octanol–water partition coefficient (Wildman–Crippen LogP) is 7.64. The maximum Gasteiger partial charge on any atom is 0.0126 e. The lowest BCUT2D eigenvalue weighted by molar-refractivity contribution is 0.132. The van der Waals surface area contributed by atoms with Crippen LogP contribution in [0.3, 0.4) is 0 Å². The van der Waals surface area contributed by atoms with Crippen LogP contribution in [0, 0.1) is 17.8 Å². The molecule has 3 rings (SSSR count). The van der Waals surface area contributed by atoms with E-state index in [1.165, 1.54) is 135 Å². The Kier molecular flexibility index (Phi) is 9.89. The van der Waals surface area contributed by atoms with Crippen LogP contribution in [-0.4, -0.2) is 12.6 Å². The van der Waals surface area contributed by atoms with E-state index in [4.69, 9.17) is 0 Å². The third-order valence-electron chi connectivity index (χ3n) is 7.97. The lowest BCUT2D eigenvalue weighted by atomic mass is 9.70. The summed E-state index contributed by atoms with van der Waals surface area (Å²) in [4.78, 5) is 0. The van der Waals surface area contributed by atoms with Crippen molar-refractivity contribution in [1.82, 2.24) is 5.32 Å². The molecule has 1 nitrogen and oxygen atoms in total. The molecule has 1 heteroatoms. The van der Waals surface area contributed by atoms with Crippen molar-refractivity contribution in [2.24, 2.45) is 17.8 Å². The summed E-state index contributed by atoms with van der Waals surface area (Å²) in [5.74, 6) is 2.98. The second-order valence-corrected chi connectivity index (χ2v) is 9.91. The second-order valence-electron chi connectivity index (χ2n) is 9.91. The molecule has 0 spiro atoms. The summed E-state index contributed by atoms with van der Waals surface area (Å²) in [6.45, 7) is 1.30. The molecular formula is C25H47N. The molecule has 2 aliphatic carbocycles. The van der Waals surface area contributed by atoms with Crippen LogP contribution in [0.4, 0.5) is 0 Å². The molecule has 0 aromatic carbocycles. The molecule has 3 aliphatic rings. The van der Waals surface area contributed by atoms with Crippen LogP contribution in [0.15, 0.2) is 0 Å². The van der Waals surface area contributed by atoms with Crippen molar-refractivity contribution in [2.75, 3.05) is 6.54 Å². The molecule has 1 N–H and O–H groups in total. The van der Waals surface area contributed by atoms with Crippen LogP contribution in [0.25, 0.3) is 0 Å². The number of rotatable bonds is 1. The SMILES string of the molecule is C1CCCC(C2CCCCCCCC3CCCCCCCNC32)CCC1. The molecule has 0 radical (unpaired) electrons.